The van der Waals surface area contributed by atoms with Crippen LogP contribution in [0.15, 0.2) is 36.4 Å². The lowest BCUT2D eigenvalue weighted by Gasteiger charge is -1.95. The molecule has 0 saturated heterocycles. The zero-order chi connectivity index (χ0) is 11.1. The van der Waals surface area contributed by atoms with Crippen molar-refractivity contribution >= 4 is 5.97 Å². The second-order valence-corrected chi connectivity index (χ2v) is 2.94. The van der Waals surface area contributed by atoms with Gasteiger partial charge in [-0.25, -0.2) is 4.79 Å². The van der Waals surface area contributed by atoms with Crippen molar-refractivity contribution < 1.29 is 9.53 Å². The maximum Gasteiger partial charge on any atom is 0.330 e. The summed E-state index contributed by atoms with van der Waals surface area (Å²) in [6, 6.07) is 9.27. The fourth-order valence-corrected chi connectivity index (χ4v) is 1.07. The van der Waals surface area contributed by atoms with Gasteiger partial charge in [0.15, 0.2) is 0 Å². The standard InChI is InChI=1S/C12H11NO2/c1-15-12(14)4-2-3-10-5-7-11(9-13)8-6-10/h2,4-8H,3H2,1H3. The van der Waals surface area contributed by atoms with Crippen LogP contribution in [-0.2, 0) is 16.0 Å². The van der Waals surface area contributed by atoms with Gasteiger partial charge in [-0.05, 0) is 24.1 Å². The first-order valence-electron chi connectivity index (χ1n) is 4.50. The predicted octanol–water partition coefficient (Wildman–Crippen LogP) is 1.83. The number of hydrogen-bond acceptors (Lipinski definition) is 3. The number of methoxy groups -OCH3 is 1. The van der Waals surface area contributed by atoms with Gasteiger partial charge < -0.3 is 4.74 Å². The van der Waals surface area contributed by atoms with E-state index in [0.29, 0.717) is 12.0 Å². The van der Waals surface area contributed by atoms with E-state index in [0.717, 1.165) is 5.56 Å². The van der Waals surface area contributed by atoms with Crippen molar-refractivity contribution in [3.05, 3.63) is 47.5 Å². The molecule has 1 rings (SSSR count). The van der Waals surface area contributed by atoms with Crippen LogP contribution in [0, 0.1) is 11.3 Å². The lowest BCUT2D eigenvalue weighted by Crippen LogP contribution is -1.94. The van der Waals surface area contributed by atoms with Crippen LogP contribution in [0.5, 0.6) is 0 Å². The average molecular weight is 201 g/mol. The van der Waals surface area contributed by atoms with Crippen LogP contribution in [0.4, 0.5) is 0 Å². The van der Waals surface area contributed by atoms with E-state index in [1.165, 1.54) is 13.2 Å². The Bertz CT molecular complexity index is 399. The molecule has 0 N–H and O–H groups in total. The molecule has 0 saturated carbocycles. The SMILES string of the molecule is COC(=O)C=CCc1ccc(C#N)cc1. The Balaban J connectivity index is 2.55. The van der Waals surface area contributed by atoms with Gasteiger partial charge in [-0.3, -0.25) is 0 Å². The topological polar surface area (TPSA) is 50.1 Å². The molecule has 0 aliphatic rings. The highest BCUT2D eigenvalue weighted by molar-refractivity contribution is 5.81. The Labute approximate surface area is 88.6 Å². The Morgan fingerprint density at radius 1 is 1.47 bits per heavy atom. The summed E-state index contributed by atoms with van der Waals surface area (Å²) in [6.07, 6.45) is 3.77. The van der Waals surface area contributed by atoms with Crippen LogP contribution in [0.25, 0.3) is 0 Å². The first-order valence-corrected chi connectivity index (χ1v) is 4.50. The Kier molecular flexibility index (Phi) is 4.11. The van der Waals surface area contributed by atoms with Crippen molar-refractivity contribution in [2.24, 2.45) is 0 Å². The zero-order valence-electron chi connectivity index (χ0n) is 8.43. The van der Waals surface area contributed by atoms with Crippen LogP contribution in [-0.4, -0.2) is 13.1 Å². The Hall–Kier alpha value is -2.08. The van der Waals surface area contributed by atoms with Crippen LogP contribution in [0.1, 0.15) is 11.1 Å². The summed E-state index contributed by atoms with van der Waals surface area (Å²) in [7, 11) is 1.34. The smallest absolute Gasteiger partial charge is 0.330 e. The molecule has 0 spiro atoms. The first kappa shape index (κ1) is 11.0. The number of benzene rings is 1. The van der Waals surface area contributed by atoms with Gasteiger partial charge in [0.25, 0.3) is 0 Å². The highest BCUT2D eigenvalue weighted by Gasteiger charge is 1.93. The van der Waals surface area contributed by atoms with Gasteiger partial charge in [0.1, 0.15) is 0 Å². The lowest BCUT2D eigenvalue weighted by atomic mass is 10.1. The van der Waals surface area contributed by atoms with Crippen LogP contribution < -0.4 is 0 Å². The Morgan fingerprint density at radius 2 is 2.13 bits per heavy atom. The number of carbonyl (C=O) groups is 1. The van der Waals surface area contributed by atoms with E-state index in [1.807, 2.05) is 18.2 Å². The molecule has 0 atom stereocenters. The van der Waals surface area contributed by atoms with E-state index in [-0.39, 0.29) is 5.97 Å². The van der Waals surface area contributed by atoms with Gasteiger partial charge in [0.05, 0.1) is 18.7 Å². The molecule has 1 aromatic rings. The third kappa shape index (κ3) is 3.65. The number of carbonyl (C=O) groups excluding carboxylic acids is 1. The fraction of sp³-hybridized carbons (Fsp3) is 0.167. The molecule has 0 amide bonds. The van der Waals surface area contributed by atoms with Crippen LogP contribution in [0.2, 0.25) is 0 Å². The molecule has 0 aliphatic heterocycles. The first-order chi connectivity index (χ1) is 7.26. The number of rotatable bonds is 3. The van der Waals surface area contributed by atoms with Crippen LogP contribution >= 0.6 is 0 Å². The van der Waals surface area contributed by atoms with Crippen molar-refractivity contribution in [1.29, 1.82) is 5.26 Å². The summed E-state index contributed by atoms with van der Waals surface area (Å²) in [6.45, 7) is 0. The van der Waals surface area contributed by atoms with E-state index in [1.54, 1.807) is 18.2 Å². The van der Waals surface area contributed by atoms with E-state index >= 15 is 0 Å². The van der Waals surface area contributed by atoms with Crippen molar-refractivity contribution in [1.82, 2.24) is 0 Å². The lowest BCUT2D eigenvalue weighted by molar-refractivity contribution is -0.134. The number of ether oxygens (including phenoxy) is 1. The van der Waals surface area contributed by atoms with Gasteiger partial charge in [-0.15, -0.1) is 0 Å². The monoisotopic (exact) mass is 201 g/mol. The number of hydrogen-bond donors (Lipinski definition) is 0. The Morgan fingerprint density at radius 3 is 2.67 bits per heavy atom. The molecule has 0 aliphatic carbocycles. The van der Waals surface area contributed by atoms with Gasteiger partial charge in [-0.2, -0.15) is 5.26 Å². The van der Waals surface area contributed by atoms with Gasteiger partial charge in [-0.1, -0.05) is 18.2 Å². The minimum Gasteiger partial charge on any atom is -0.466 e. The number of esters is 1. The molecule has 0 aromatic heterocycles. The molecule has 1 aromatic carbocycles. The number of allylic oxidation sites excluding steroid dienone is 1. The fourth-order valence-electron chi connectivity index (χ4n) is 1.07. The molecule has 76 valence electrons. The third-order valence-electron chi connectivity index (χ3n) is 1.89. The maximum atomic E-state index is 10.8. The molecule has 3 nitrogen and oxygen atoms in total. The van der Waals surface area contributed by atoms with Crippen molar-refractivity contribution in [2.45, 2.75) is 6.42 Å². The summed E-state index contributed by atoms with van der Waals surface area (Å²) in [5.74, 6) is -0.358. The van der Waals surface area contributed by atoms with Gasteiger partial charge in [0.2, 0.25) is 0 Å². The minimum atomic E-state index is -0.358. The molecule has 0 radical (unpaired) electrons. The largest absolute Gasteiger partial charge is 0.466 e. The zero-order valence-corrected chi connectivity index (χ0v) is 8.43. The molecular formula is C12H11NO2. The number of nitriles is 1. The third-order valence-corrected chi connectivity index (χ3v) is 1.89. The highest BCUT2D eigenvalue weighted by atomic mass is 16.5. The maximum absolute atomic E-state index is 10.8. The average Bonchev–Trinajstić information content (AvgIpc) is 2.29. The van der Waals surface area contributed by atoms with E-state index in [2.05, 4.69) is 4.74 Å². The second-order valence-electron chi connectivity index (χ2n) is 2.94. The quantitative estimate of drug-likeness (QED) is 0.553. The van der Waals surface area contributed by atoms with E-state index in [4.69, 9.17) is 5.26 Å². The molecule has 0 bridgehead atoms. The van der Waals surface area contributed by atoms with E-state index < -0.39 is 0 Å². The van der Waals surface area contributed by atoms with Gasteiger partial charge in [0, 0.05) is 6.08 Å². The summed E-state index contributed by atoms with van der Waals surface area (Å²) < 4.78 is 4.46. The van der Waals surface area contributed by atoms with E-state index in [9.17, 15) is 4.79 Å². The molecule has 0 unspecified atom stereocenters. The molecule has 15 heavy (non-hydrogen) atoms. The summed E-state index contributed by atoms with van der Waals surface area (Å²) >= 11 is 0. The second kappa shape index (κ2) is 5.61. The minimum absolute atomic E-state index is 0.358. The van der Waals surface area contributed by atoms with Gasteiger partial charge >= 0.3 is 5.97 Å². The molecule has 0 heterocycles. The number of nitrogens with zero attached hydrogens (tertiary/aromatic N) is 1. The molecule has 3 heteroatoms. The van der Waals surface area contributed by atoms with Crippen molar-refractivity contribution in [3.8, 4) is 6.07 Å². The normalized spacial score (nSPS) is 9.87. The predicted molar refractivity (Wildman–Crippen MR) is 56.0 cm³/mol. The summed E-state index contributed by atoms with van der Waals surface area (Å²) in [4.78, 5) is 10.8. The highest BCUT2D eigenvalue weighted by Crippen LogP contribution is 2.04. The van der Waals surface area contributed by atoms with Crippen molar-refractivity contribution in [2.75, 3.05) is 7.11 Å². The molecule has 0 fully saturated rings. The van der Waals surface area contributed by atoms with Crippen LogP contribution in [0.3, 0.4) is 0 Å². The van der Waals surface area contributed by atoms with Crippen molar-refractivity contribution in [3.63, 3.8) is 0 Å². The molecular weight excluding hydrogens is 190 g/mol. The summed E-state index contributed by atoms with van der Waals surface area (Å²) in [5.41, 5.74) is 1.69. The summed E-state index contributed by atoms with van der Waals surface area (Å²) in [5, 5.41) is 8.58.